The van der Waals surface area contributed by atoms with Gasteiger partial charge in [0.2, 0.25) is 5.91 Å². The second-order valence-corrected chi connectivity index (χ2v) is 5.83. The molecule has 0 unspecified atom stereocenters. The van der Waals surface area contributed by atoms with Crippen molar-refractivity contribution < 1.29 is 19.5 Å². The van der Waals surface area contributed by atoms with Crippen LogP contribution in [0.15, 0.2) is 17.5 Å². The summed E-state index contributed by atoms with van der Waals surface area (Å²) in [5, 5.41) is 13.1. The van der Waals surface area contributed by atoms with Gasteiger partial charge in [-0.15, -0.1) is 22.7 Å². The van der Waals surface area contributed by atoms with Crippen molar-refractivity contribution in [3.63, 3.8) is 0 Å². The number of hydrogen-bond donors (Lipinski definition) is 3. The Balaban J connectivity index is 2.12. The predicted molar refractivity (Wildman–Crippen MR) is 72.4 cm³/mol. The van der Waals surface area contributed by atoms with E-state index in [9.17, 15) is 14.4 Å². The summed E-state index contributed by atoms with van der Waals surface area (Å²) < 4.78 is 1.94. The Labute approximate surface area is 115 Å². The van der Waals surface area contributed by atoms with Crippen LogP contribution in [0.3, 0.4) is 0 Å². The maximum atomic E-state index is 11.9. The number of carbonyl (C=O) groups is 3. The first-order valence-electron chi connectivity index (χ1n) is 5.26. The van der Waals surface area contributed by atoms with Gasteiger partial charge in [0.05, 0.1) is 11.3 Å². The summed E-state index contributed by atoms with van der Waals surface area (Å²) in [4.78, 5) is 34.0. The molecule has 2 aromatic heterocycles. The molecule has 0 spiro atoms. The van der Waals surface area contributed by atoms with E-state index in [4.69, 9.17) is 10.8 Å². The molecular formula is C11H10N2O4S2. The van der Waals surface area contributed by atoms with E-state index >= 15 is 0 Å². The van der Waals surface area contributed by atoms with Crippen molar-refractivity contribution in [2.45, 2.75) is 12.5 Å². The molecule has 8 heteroatoms. The van der Waals surface area contributed by atoms with E-state index in [1.807, 2.05) is 11.4 Å². The summed E-state index contributed by atoms with van der Waals surface area (Å²) in [6.07, 6.45) is -0.430. The zero-order valence-corrected chi connectivity index (χ0v) is 11.2. The van der Waals surface area contributed by atoms with Crippen molar-refractivity contribution in [1.29, 1.82) is 0 Å². The molecule has 100 valence electrons. The van der Waals surface area contributed by atoms with E-state index in [1.165, 1.54) is 22.7 Å². The lowest BCUT2D eigenvalue weighted by Crippen LogP contribution is -2.43. The smallest absolute Gasteiger partial charge is 0.326 e. The van der Waals surface area contributed by atoms with Crippen LogP contribution in [0.2, 0.25) is 0 Å². The van der Waals surface area contributed by atoms with Crippen LogP contribution in [0.1, 0.15) is 16.1 Å². The summed E-state index contributed by atoms with van der Waals surface area (Å²) in [6, 6.07) is 2.29. The number of carbonyl (C=O) groups excluding carboxylic acids is 2. The number of amides is 2. The third-order valence-corrected chi connectivity index (χ3v) is 4.46. The molecule has 0 saturated heterocycles. The molecule has 0 aliphatic heterocycles. The Morgan fingerprint density at radius 1 is 1.37 bits per heavy atom. The highest BCUT2D eigenvalue weighted by molar-refractivity contribution is 7.27. The first kappa shape index (κ1) is 13.5. The zero-order chi connectivity index (χ0) is 14.0. The average Bonchev–Trinajstić information content (AvgIpc) is 2.86. The highest BCUT2D eigenvalue weighted by Gasteiger charge is 2.23. The number of thiophene rings is 2. The van der Waals surface area contributed by atoms with Crippen LogP contribution < -0.4 is 11.1 Å². The number of nitrogens with two attached hydrogens (primary N) is 1. The summed E-state index contributed by atoms with van der Waals surface area (Å²) in [6.45, 7) is 0. The van der Waals surface area contributed by atoms with Crippen LogP contribution in [0, 0.1) is 0 Å². The Hall–Kier alpha value is -1.93. The lowest BCUT2D eigenvalue weighted by molar-refractivity contribution is -0.140. The maximum Gasteiger partial charge on any atom is 0.326 e. The molecule has 1 atom stereocenters. The Morgan fingerprint density at radius 2 is 2.11 bits per heavy atom. The van der Waals surface area contributed by atoms with Gasteiger partial charge in [0.1, 0.15) is 6.04 Å². The number of rotatable bonds is 5. The minimum absolute atomic E-state index is 0.414. The summed E-state index contributed by atoms with van der Waals surface area (Å²) >= 11 is 2.78. The molecular weight excluding hydrogens is 288 g/mol. The number of hydrogen-bond acceptors (Lipinski definition) is 5. The zero-order valence-electron chi connectivity index (χ0n) is 9.58. The fraction of sp³-hybridized carbons (Fsp3) is 0.182. The highest BCUT2D eigenvalue weighted by Crippen LogP contribution is 2.29. The Morgan fingerprint density at radius 3 is 2.68 bits per heavy atom. The van der Waals surface area contributed by atoms with E-state index in [1.54, 1.807) is 6.07 Å². The average molecular weight is 298 g/mol. The summed E-state index contributed by atoms with van der Waals surface area (Å²) in [5.41, 5.74) is 4.94. The van der Waals surface area contributed by atoms with Crippen molar-refractivity contribution in [3.05, 3.63) is 22.4 Å². The van der Waals surface area contributed by atoms with Crippen molar-refractivity contribution in [2.75, 3.05) is 0 Å². The molecule has 0 bridgehead atoms. The Kier molecular flexibility index (Phi) is 3.82. The van der Waals surface area contributed by atoms with Crippen LogP contribution in [0.4, 0.5) is 0 Å². The molecule has 0 radical (unpaired) electrons. The second-order valence-electron chi connectivity index (χ2n) is 3.79. The molecule has 0 aliphatic carbocycles. The maximum absolute atomic E-state index is 11.9. The summed E-state index contributed by atoms with van der Waals surface area (Å²) in [5.74, 6) is -2.58. The minimum Gasteiger partial charge on any atom is -0.480 e. The number of primary amides is 1. The first-order valence-corrected chi connectivity index (χ1v) is 6.96. The van der Waals surface area contributed by atoms with Gasteiger partial charge < -0.3 is 16.2 Å². The van der Waals surface area contributed by atoms with Gasteiger partial charge in [-0.1, -0.05) is 0 Å². The van der Waals surface area contributed by atoms with E-state index in [0.29, 0.717) is 4.88 Å². The van der Waals surface area contributed by atoms with Crippen molar-refractivity contribution in [2.24, 2.45) is 5.73 Å². The van der Waals surface area contributed by atoms with E-state index in [0.717, 1.165) is 9.40 Å². The van der Waals surface area contributed by atoms with Crippen molar-refractivity contribution in [3.8, 4) is 0 Å². The minimum atomic E-state index is -1.30. The van der Waals surface area contributed by atoms with E-state index in [2.05, 4.69) is 5.32 Å². The molecule has 0 aromatic carbocycles. The van der Waals surface area contributed by atoms with Gasteiger partial charge in [0.15, 0.2) is 0 Å². The SMILES string of the molecule is NC(=O)C[C@@H](NC(=O)c1cc2sccc2s1)C(=O)O. The van der Waals surface area contributed by atoms with Crippen LogP contribution in [0.25, 0.3) is 9.40 Å². The van der Waals surface area contributed by atoms with E-state index in [-0.39, 0.29) is 0 Å². The molecule has 0 fully saturated rings. The quantitative estimate of drug-likeness (QED) is 0.765. The molecule has 0 aliphatic rings. The predicted octanol–water partition coefficient (Wildman–Crippen LogP) is 1.02. The Bertz CT molecular complexity index is 617. The second kappa shape index (κ2) is 5.37. The molecule has 2 heterocycles. The standard InChI is InChI=1S/C11H10N2O4S2/c12-9(14)3-5(11(16)17)13-10(15)8-4-7-6(19-8)1-2-18-7/h1-2,4-5H,3H2,(H2,12,14)(H,13,15)(H,16,17)/t5-/m1/s1. The molecule has 2 amide bonds. The lowest BCUT2D eigenvalue weighted by Gasteiger charge is -2.11. The molecule has 4 N–H and O–H groups in total. The number of nitrogens with one attached hydrogen (secondary N) is 1. The summed E-state index contributed by atoms with van der Waals surface area (Å²) in [7, 11) is 0. The van der Waals surface area contributed by atoms with Crippen LogP contribution >= 0.6 is 22.7 Å². The van der Waals surface area contributed by atoms with Crippen LogP contribution in [-0.4, -0.2) is 28.9 Å². The van der Waals surface area contributed by atoms with Gasteiger partial charge in [-0.3, -0.25) is 9.59 Å². The number of aliphatic carboxylic acids is 1. The fourth-order valence-corrected chi connectivity index (χ4v) is 3.52. The van der Waals surface area contributed by atoms with Crippen LogP contribution in [-0.2, 0) is 9.59 Å². The molecule has 0 saturated carbocycles. The van der Waals surface area contributed by atoms with Gasteiger partial charge in [-0.05, 0) is 17.5 Å². The molecule has 2 aromatic rings. The largest absolute Gasteiger partial charge is 0.480 e. The molecule has 19 heavy (non-hydrogen) atoms. The fourth-order valence-electron chi connectivity index (χ4n) is 1.51. The molecule has 6 nitrogen and oxygen atoms in total. The third kappa shape index (κ3) is 3.09. The number of carboxylic acids is 1. The normalized spacial score (nSPS) is 12.2. The van der Waals surface area contributed by atoms with Gasteiger partial charge in [-0.25, -0.2) is 4.79 Å². The lowest BCUT2D eigenvalue weighted by atomic mass is 10.2. The number of fused-ring (bicyclic) bond motifs is 1. The van der Waals surface area contributed by atoms with Gasteiger partial charge in [0, 0.05) is 9.40 Å². The number of carboxylic acid groups (broad SMARTS) is 1. The van der Waals surface area contributed by atoms with Crippen molar-refractivity contribution in [1.82, 2.24) is 5.32 Å². The monoisotopic (exact) mass is 298 g/mol. The highest BCUT2D eigenvalue weighted by atomic mass is 32.1. The first-order chi connectivity index (χ1) is 8.97. The third-order valence-electron chi connectivity index (χ3n) is 2.37. The van der Waals surface area contributed by atoms with Gasteiger partial charge in [-0.2, -0.15) is 0 Å². The van der Waals surface area contributed by atoms with Crippen molar-refractivity contribution >= 4 is 49.9 Å². The molecule has 2 rings (SSSR count). The topological polar surface area (TPSA) is 109 Å². The van der Waals surface area contributed by atoms with Gasteiger partial charge in [0.25, 0.3) is 5.91 Å². The van der Waals surface area contributed by atoms with E-state index < -0.39 is 30.2 Å². The van der Waals surface area contributed by atoms with Gasteiger partial charge >= 0.3 is 5.97 Å². The van der Waals surface area contributed by atoms with Crippen LogP contribution in [0.5, 0.6) is 0 Å².